The SMILES string of the molecule is CC1(F)CCC(CNC(=O)c2cn(CC(=O)N3CCOCC3)c3cccc(Cl)c23)CC1. The van der Waals surface area contributed by atoms with Crippen molar-refractivity contribution in [3.8, 4) is 0 Å². The molecule has 2 aliphatic rings. The van der Waals surface area contributed by atoms with Gasteiger partial charge in [0, 0.05) is 31.2 Å². The van der Waals surface area contributed by atoms with E-state index >= 15 is 0 Å². The summed E-state index contributed by atoms with van der Waals surface area (Å²) < 4.78 is 21.1. The van der Waals surface area contributed by atoms with E-state index in [1.54, 1.807) is 28.7 Å². The number of rotatable bonds is 5. The van der Waals surface area contributed by atoms with Crippen LogP contribution in [0.25, 0.3) is 10.9 Å². The van der Waals surface area contributed by atoms with Crippen LogP contribution in [0.1, 0.15) is 43.0 Å². The highest BCUT2D eigenvalue weighted by molar-refractivity contribution is 6.36. The molecule has 6 nitrogen and oxygen atoms in total. The molecule has 1 aromatic carbocycles. The number of aromatic nitrogens is 1. The lowest BCUT2D eigenvalue weighted by atomic mass is 9.81. The quantitative estimate of drug-likeness (QED) is 0.755. The van der Waals surface area contributed by atoms with E-state index in [4.69, 9.17) is 16.3 Å². The lowest BCUT2D eigenvalue weighted by molar-refractivity contribution is -0.135. The van der Waals surface area contributed by atoms with Gasteiger partial charge in [0.15, 0.2) is 0 Å². The zero-order valence-corrected chi connectivity index (χ0v) is 18.6. The Labute approximate surface area is 186 Å². The molecule has 1 saturated carbocycles. The van der Waals surface area contributed by atoms with E-state index in [-0.39, 0.29) is 24.3 Å². The standard InChI is InChI=1S/C23H29ClFN3O3/c1-23(25)7-5-16(6-8-23)13-26-22(30)17-14-28(19-4-2-3-18(24)21(17)19)15-20(29)27-9-11-31-12-10-27/h2-4,14,16H,5-13,15H2,1H3,(H,26,30). The molecule has 1 aliphatic heterocycles. The Morgan fingerprint density at radius 2 is 1.97 bits per heavy atom. The van der Waals surface area contributed by atoms with Crippen molar-refractivity contribution in [1.82, 2.24) is 14.8 Å². The smallest absolute Gasteiger partial charge is 0.253 e. The molecule has 1 aliphatic carbocycles. The average Bonchev–Trinajstić information content (AvgIpc) is 3.13. The van der Waals surface area contributed by atoms with Crippen molar-refractivity contribution in [3.63, 3.8) is 0 Å². The summed E-state index contributed by atoms with van der Waals surface area (Å²) in [6.07, 6.45) is 4.31. The maximum absolute atomic E-state index is 14.0. The molecule has 4 rings (SSSR count). The normalized spacial score (nSPS) is 24.4. The first kappa shape index (κ1) is 22.1. The van der Waals surface area contributed by atoms with Crippen LogP contribution in [-0.2, 0) is 16.1 Å². The molecule has 31 heavy (non-hydrogen) atoms. The second kappa shape index (κ2) is 9.17. The number of hydrogen-bond acceptors (Lipinski definition) is 3. The van der Waals surface area contributed by atoms with Crippen molar-refractivity contribution in [2.75, 3.05) is 32.8 Å². The zero-order chi connectivity index (χ0) is 22.0. The first-order valence-corrected chi connectivity index (χ1v) is 11.3. The van der Waals surface area contributed by atoms with Crippen LogP contribution in [0.4, 0.5) is 4.39 Å². The van der Waals surface area contributed by atoms with Crippen LogP contribution in [0.5, 0.6) is 0 Å². The minimum absolute atomic E-state index is 0.0105. The van der Waals surface area contributed by atoms with Gasteiger partial charge in [-0.15, -0.1) is 0 Å². The van der Waals surface area contributed by atoms with E-state index in [2.05, 4.69) is 5.32 Å². The number of amides is 2. The Morgan fingerprint density at radius 3 is 2.68 bits per heavy atom. The predicted molar refractivity (Wildman–Crippen MR) is 118 cm³/mol. The van der Waals surface area contributed by atoms with Gasteiger partial charge in [-0.2, -0.15) is 0 Å². The van der Waals surface area contributed by atoms with Gasteiger partial charge < -0.3 is 19.5 Å². The van der Waals surface area contributed by atoms with E-state index in [1.165, 1.54) is 0 Å². The van der Waals surface area contributed by atoms with E-state index in [0.29, 0.717) is 61.7 Å². The largest absolute Gasteiger partial charge is 0.378 e. The van der Waals surface area contributed by atoms with Gasteiger partial charge in [0.2, 0.25) is 5.91 Å². The number of ether oxygens (including phenoxy) is 1. The number of morpholine rings is 1. The lowest BCUT2D eigenvalue weighted by Crippen LogP contribution is -2.42. The van der Waals surface area contributed by atoms with Gasteiger partial charge in [-0.3, -0.25) is 9.59 Å². The molecular weight excluding hydrogens is 421 g/mol. The highest BCUT2D eigenvalue weighted by Gasteiger charge is 2.31. The number of hydrogen-bond donors (Lipinski definition) is 1. The molecular formula is C23H29ClFN3O3. The summed E-state index contributed by atoms with van der Waals surface area (Å²) in [5.74, 6) is 0.0485. The topological polar surface area (TPSA) is 63.6 Å². The van der Waals surface area contributed by atoms with Gasteiger partial charge >= 0.3 is 0 Å². The number of nitrogens with zero attached hydrogens (tertiary/aromatic N) is 2. The minimum atomic E-state index is -1.09. The van der Waals surface area contributed by atoms with Crippen LogP contribution in [-0.4, -0.2) is 59.8 Å². The fourth-order valence-electron chi connectivity index (χ4n) is 4.49. The molecule has 0 atom stereocenters. The Hall–Kier alpha value is -2.12. The van der Waals surface area contributed by atoms with Crippen molar-refractivity contribution < 1.29 is 18.7 Å². The average molecular weight is 450 g/mol. The van der Waals surface area contributed by atoms with E-state index < -0.39 is 5.67 Å². The molecule has 1 saturated heterocycles. The maximum Gasteiger partial charge on any atom is 0.253 e. The molecule has 2 aromatic rings. The fraction of sp³-hybridized carbons (Fsp3) is 0.565. The van der Waals surface area contributed by atoms with E-state index in [9.17, 15) is 14.0 Å². The molecule has 0 bridgehead atoms. The number of halogens is 2. The van der Waals surface area contributed by atoms with E-state index in [1.807, 2.05) is 12.1 Å². The number of benzene rings is 1. The van der Waals surface area contributed by atoms with E-state index in [0.717, 1.165) is 18.4 Å². The van der Waals surface area contributed by atoms with Crippen LogP contribution in [0.15, 0.2) is 24.4 Å². The molecule has 168 valence electrons. The Balaban J connectivity index is 1.49. The number of carbonyl (C=O) groups is 2. The summed E-state index contributed by atoms with van der Waals surface area (Å²) in [5, 5.41) is 4.13. The highest BCUT2D eigenvalue weighted by Crippen LogP contribution is 2.34. The van der Waals surface area contributed by atoms with Crippen molar-refractivity contribution >= 4 is 34.3 Å². The molecule has 2 heterocycles. The number of fused-ring (bicyclic) bond motifs is 1. The summed E-state index contributed by atoms with van der Waals surface area (Å²) in [6.45, 7) is 4.54. The number of carbonyl (C=O) groups excluding carboxylic acids is 2. The van der Waals surface area contributed by atoms with Crippen molar-refractivity contribution in [3.05, 3.63) is 35.0 Å². The molecule has 0 unspecified atom stereocenters. The monoisotopic (exact) mass is 449 g/mol. The number of alkyl halides is 1. The Morgan fingerprint density at radius 1 is 1.26 bits per heavy atom. The Bertz CT molecular complexity index is 958. The van der Waals surface area contributed by atoms with Crippen LogP contribution in [0.2, 0.25) is 5.02 Å². The van der Waals surface area contributed by atoms with Crippen molar-refractivity contribution in [2.24, 2.45) is 5.92 Å². The summed E-state index contributed by atoms with van der Waals surface area (Å²) in [7, 11) is 0. The molecule has 0 radical (unpaired) electrons. The highest BCUT2D eigenvalue weighted by atomic mass is 35.5. The molecule has 8 heteroatoms. The summed E-state index contributed by atoms with van der Waals surface area (Å²) in [4.78, 5) is 27.5. The van der Waals surface area contributed by atoms with Crippen LogP contribution >= 0.6 is 11.6 Å². The third-order valence-corrected chi connectivity index (χ3v) is 6.78. The van der Waals surface area contributed by atoms with Crippen LogP contribution < -0.4 is 5.32 Å². The Kier molecular flexibility index (Phi) is 6.53. The summed E-state index contributed by atoms with van der Waals surface area (Å²) in [5.41, 5.74) is 0.126. The molecule has 1 N–H and O–H groups in total. The maximum atomic E-state index is 14.0. The lowest BCUT2D eigenvalue weighted by Gasteiger charge is -2.31. The van der Waals surface area contributed by atoms with Gasteiger partial charge in [0.05, 0.1) is 29.3 Å². The van der Waals surface area contributed by atoms with Gasteiger partial charge in [-0.25, -0.2) is 4.39 Å². The molecule has 2 fully saturated rings. The minimum Gasteiger partial charge on any atom is -0.378 e. The van der Waals surface area contributed by atoms with Gasteiger partial charge in [-0.1, -0.05) is 17.7 Å². The van der Waals surface area contributed by atoms with Crippen molar-refractivity contribution in [2.45, 2.75) is 44.8 Å². The fourth-order valence-corrected chi connectivity index (χ4v) is 4.76. The summed E-state index contributed by atoms with van der Waals surface area (Å²) in [6, 6.07) is 5.43. The van der Waals surface area contributed by atoms with Crippen LogP contribution in [0.3, 0.4) is 0 Å². The second-order valence-corrected chi connectivity index (χ2v) is 9.27. The number of nitrogens with one attached hydrogen (secondary N) is 1. The van der Waals surface area contributed by atoms with Crippen molar-refractivity contribution in [1.29, 1.82) is 0 Å². The van der Waals surface area contributed by atoms with Crippen LogP contribution in [0, 0.1) is 5.92 Å². The van der Waals surface area contributed by atoms with Gasteiger partial charge in [0.25, 0.3) is 5.91 Å². The molecule has 1 aromatic heterocycles. The van der Waals surface area contributed by atoms with Gasteiger partial charge in [-0.05, 0) is 50.7 Å². The first-order valence-electron chi connectivity index (χ1n) is 10.9. The third kappa shape index (κ3) is 5.04. The third-order valence-electron chi connectivity index (χ3n) is 6.47. The molecule has 2 amide bonds. The first-order chi connectivity index (χ1) is 14.8. The van der Waals surface area contributed by atoms with Gasteiger partial charge in [0.1, 0.15) is 12.2 Å². The predicted octanol–water partition coefficient (Wildman–Crippen LogP) is 3.80. The zero-order valence-electron chi connectivity index (χ0n) is 17.8. The summed E-state index contributed by atoms with van der Waals surface area (Å²) >= 11 is 6.44. The second-order valence-electron chi connectivity index (χ2n) is 8.86. The molecule has 0 spiro atoms.